The number of hydrogen-bond acceptors (Lipinski definition) is 7. The van der Waals surface area contributed by atoms with Crippen molar-refractivity contribution in [1.29, 1.82) is 0 Å². The van der Waals surface area contributed by atoms with Crippen LogP contribution in [0, 0.1) is 0 Å². The topological polar surface area (TPSA) is 125 Å². The maximum absolute atomic E-state index is 13.6. The number of hydrogen-bond donors (Lipinski definition) is 4. The second-order valence-corrected chi connectivity index (χ2v) is 13.7. The number of methoxy groups -OCH3 is 1. The summed E-state index contributed by atoms with van der Waals surface area (Å²) in [4.78, 5) is 43.1. The van der Waals surface area contributed by atoms with Gasteiger partial charge in [-0.15, -0.1) is 0 Å². The van der Waals surface area contributed by atoms with Gasteiger partial charge in [0.1, 0.15) is 0 Å². The number of pyridine rings is 1. The second kappa shape index (κ2) is 14.8. The highest BCUT2D eigenvalue weighted by atomic mass is 35.5. The Morgan fingerprint density at radius 3 is 2.14 bits per heavy atom. The number of anilines is 1. The maximum Gasteiger partial charge on any atom is 0.258 e. The highest BCUT2D eigenvalue weighted by Crippen LogP contribution is 2.43. The van der Waals surface area contributed by atoms with Crippen molar-refractivity contribution in [3.05, 3.63) is 99.0 Å². The Morgan fingerprint density at radius 2 is 1.46 bits per heavy atom. The van der Waals surface area contributed by atoms with Crippen molar-refractivity contribution in [3.63, 3.8) is 0 Å². The first kappa shape index (κ1) is 34.0. The van der Waals surface area contributed by atoms with Gasteiger partial charge in [-0.1, -0.05) is 71.7 Å². The predicted molar refractivity (Wildman–Crippen MR) is 194 cm³/mol. The molecule has 50 heavy (non-hydrogen) atoms. The lowest BCUT2D eigenvalue weighted by Crippen LogP contribution is -2.35. The maximum atomic E-state index is 13.6. The summed E-state index contributed by atoms with van der Waals surface area (Å²) in [5.41, 5.74) is 6.96. The van der Waals surface area contributed by atoms with Crippen LogP contribution in [0.15, 0.2) is 66.7 Å². The van der Waals surface area contributed by atoms with Crippen LogP contribution in [-0.2, 0) is 29.2 Å². The Labute approximate surface area is 300 Å². The number of carbonyl (C=O) groups excluding carboxylic acids is 3. The predicted octanol–water partition coefficient (Wildman–Crippen LogP) is 5.63. The third-order valence-electron chi connectivity index (χ3n) is 9.54. The van der Waals surface area contributed by atoms with E-state index in [1.165, 1.54) is 0 Å². The summed E-state index contributed by atoms with van der Waals surface area (Å²) in [5, 5.41) is 13.7. The number of nitrogens with zero attached hydrogens (tertiary/aromatic N) is 2. The van der Waals surface area contributed by atoms with E-state index in [9.17, 15) is 14.4 Å². The lowest BCUT2D eigenvalue weighted by Gasteiger charge is -2.20. The Balaban J connectivity index is 1.07. The van der Waals surface area contributed by atoms with E-state index in [0.29, 0.717) is 84.0 Å². The largest absolute Gasteiger partial charge is 0.481 e. The number of aromatic nitrogens is 1. The van der Waals surface area contributed by atoms with Gasteiger partial charge in [-0.2, -0.15) is 0 Å². The molecule has 4 aromatic rings. The smallest absolute Gasteiger partial charge is 0.258 e. The van der Waals surface area contributed by atoms with Crippen LogP contribution < -0.4 is 30.9 Å². The molecule has 2 atom stereocenters. The van der Waals surface area contributed by atoms with E-state index in [2.05, 4.69) is 27.3 Å². The summed E-state index contributed by atoms with van der Waals surface area (Å²) in [6, 6.07) is 21.4. The van der Waals surface area contributed by atoms with Gasteiger partial charge >= 0.3 is 0 Å². The fraction of sp³-hybridized carbons (Fsp3) is 0.316. The van der Waals surface area contributed by atoms with Crippen LogP contribution in [0.5, 0.6) is 5.88 Å². The van der Waals surface area contributed by atoms with Crippen molar-refractivity contribution in [2.24, 2.45) is 0 Å². The monoisotopic (exact) mass is 712 g/mol. The van der Waals surface area contributed by atoms with E-state index in [0.717, 1.165) is 40.7 Å². The highest BCUT2D eigenvalue weighted by Gasteiger charge is 2.31. The molecule has 3 aliphatic rings. The van der Waals surface area contributed by atoms with E-state index in [1.54, 1.807) is 12.0 Å². The van der Waals surface area contributed by atoms with Gasteiger partial charge in [0.2, 0.25) is 17.7 Å². The van der Waals surface area contributed by atoms with Crippen LogP contribution in [0.4, 0.5) is 5.69 Å². The molecule has 7 rings (SSSR count). The molecule has 3 aromatic carbocycles. The minimum Gasteiger partial charge on any atom is -0.481 e. The fourth-order valence-electron chi connectivity index (χ4n) is 6.92. The minimum absolute atomic E-state index is 0.0924. The van der Waals surface area contributed by atoms with Gasteiger partial charge in [0.15, 0.2) is 0 Å². The molecule has 3 amide bonds. The first-order valence-electron chi connectivity index (χ1n) is 16.8. The molecule has 4 heterocycles. The van der Waals surface area contributed by atoms with Crippen molar-refractivity contribution in [2.75, 3.05) is 25.1 Å². The molecule has 258 valence electrons. The van der Waals surface area contributed by atoms with E-state index >= 15 is 0 Å². The Hall–Kier alpha value is -4.48. The van der Waals surface area contributed by atoms with E-state index < -0.39 is 0 Å². The number of rotatable bonds is 12. The summed E-state index contributed by atoms with van der Waals surface area (Å²) in [6.45, 7) is 2.95. The van der Waals surface area contributed by atoms with Crippen molar-refractivity contribution >= 4 is 46.6 Å². The number of carbonyl (C=O) groups is 3. The summed E-state index contributed by atoms with van der Waals surface area (Å²) in [5.74, 6) is 0.577. The molecule has 0 unspecified atom stereocenters. The Morgan fingerprint density at radius 1 is 0.800 bits per heavy atom. The van der Waals surface area contributed by atoms with Crippen molar-refractivity contribution in [2.45, 2.75) is 57.4 Å². The average molecular weight is 714 g/mol. The molecule has 0 aliphatic carbocycles. The zero-order valence-corrected chi connectivity index (χ0v) is 29.2. The highest BCUT2D eigenvalue weighted by molar-refractivity contribution is 6.39. The molecular formula is C38H38Cl2N6O4. The van der Waals surface area contributed by atoms with Gasteiger partial charge in [-0.25, -0.2) is 4.98 Å². The minimum atomic E-state index is -0.106. The van der Waals surface area contributed by atoms with Crippen LogP contribution in [-0.4, -0.2) is 55.0 Å². The molecule has 0 radical (unpaired) electrons. The molecule has 1 aromatic heterocycles. The van der Waals surface area contributed by atoms with Crippen LogP contribution in [0.25, 0.3) is 22.4 Å². The number of halogens is 2. The standard InChI is InChI=1S/C38H38Cl2N6O4/c1-50-37-23(18-42-20-26-11-15-34(48)44-26)9-13-31(45-37)30-6-2-4-28(35(30)39)29-5-3-7-32(36(29)40)46-21-24-16-22(8-12-27(24)38(46)49)17-41-19-25-10-14-33(47)43-25/h2-9,12-13,16,25-26,41-42H,10-11,14-15,17-21H2,1H3,(H,43,47)(H,44,48)/t25-,26-/m0/s1. The zero-order valence-electron chi connectivity index (χ0n) is 27.7. The molecule has 4 N–H and O–H groups in total. The SMILES string of the molecule is COc1nc(-c2cccc(-c3cccc(N4Cc5cc(CNC[C@@H]6CCC(=O)N6)ccc5C4=O)c3Cl)c2Cl)ccc1CNC[C@@H]1CCC(=O)N1. The van der Waals surface area contributed by atoms with Gasteiger partial charge in [0, 0.05) is 78.9 Å². The van der Waals surface area contributed by atoms with Crippen molar-refractivity contribution in [1.82, 2.24) is 26.3 Å². The zero-order chi connectivity index (χ0) is 34.8. The number of amides is 3. The van der Waals surface area contributed by atoms with Gasteiger partial charge in [-0.3, -0.25) is 14.4 Å². The summed E-state index contributed by atoms with van der Waals surface area (Å²) in [7, 11) is 1.59. The number of fused-ring (bicyclic) bond motifs is 1. The molecular weight excluding hydrogens is 675 g/mol. The Kier molecular flexibility index (Phi) is 10.1. The van der Waals surface area contributed by atoms with E-state index in [-0.39, 0.29) is 29.8 Å². The van der Waals surface area contributed by atoms with Gasteiger partial charge in [0.25, 0.3) is 5.91 Å². The molecule has 0 bridgehead atoms. The summed E-state index contributed by atoms with van der Waals surface area (Å²) < 4.78 is 5.64. The molecule has 3 aliphatic heterocycles. The Bertz CT molecular complexity index is 1970. The molecule has 0 spiro atoms. The van der Waals surface area contributed by atoms with Crippen molar-refractivity contribution < 1.29 is 19.1 Å². The van der Waals surface area contributed by atoms with Crippen LogP contribution >= 0.6 is 23.2 Å². The number of nitrogens with one attached hydrogen (secondary N) is 4. The first-order valence-corrected chi connectivity index (χ1v) is 17.6. The van der Waals surface area contributed by atoms with E-state index in [1.807, 2.05) is 60.7 Å². The first-order chi connectivity index (χ1) is 24.3. The fourth-order valence-corrected chi connectivity index (χ4v) is 7.57. The van der Waals surface area contributed by atoms with Crippen LogP contribution in [0.3, 0.4) is 0 Å². The molecule has 0 saturated carbocycles. The third kappa shape index (κ3) is 7.07. The molecule has 12 heteroatoms. The molecule has 2 saturated heterocycles. The van der Waals surface area contributed by atoms with Crippen molar-refractivity contribution in [3.8, 4) is 28.3 Å². The average Bonchev–Trinajstić information content (AvgIpc) is 3.83. The molecule has 2 fully saturated rings. The number of ether oxygens (including phenoxy) is 1. The molecule has 10 nitrogen and oxygen atoms in total. The van der Waals surface area contributed by atoms with Gasteiger partial charge in [-0.05, 0) is 42.2 Å². The lowest BCUT2D eigenvalue weighted by atomic mass is 10.00. The van der Waals surface area contributed by atoms with Gasteiger partial charge in [0.05, 0.1) is 35.1 Å². The third-order valence-corrected chi connectivity index (χ3v) is 10.3. The van der Waals surface area contributed by atoms with Crippen LogP contribution in [0.2, 0.25) is 10.0 Å². The van der Waals surface area contributed by atoms with Gasteiger partial charge < -0.3 is 30.9 Å². The second-order valence-electron chi connectivity index (χ2n) is 12.9. The van der Waals surface area contributed by atoms with E-state index in [4.69, 9.17) is 32.9 Å². The quantitative estimate of drug-likeness (QED) is 0.150. The number of benzene rings is 3. The summed E-state index contributed by atoms with van der Waals surface area (Å²) >= 11 is 14.2. The van der Waals surface area contributed by atoms with Crippen LogP contribution in [0.1, 0.15) is 52.7 Å². The lowest BCUT2D eigenvalue weighted by molar-refractivity contribution is -0.120. The normalized spacial score (nSPS) is 18.4. The summed E-state index contributed by atoms with van der Waals surface area (Å²) in [6.07, 6.45) is 2.81.